The number of aliphatic imine (C=N–C) groups is 1. The van der Waals surface area contributed by atoms with Crippen LogP contribution in [0.3, 0.4) is 0 Å². The van der Waals surface area contributed by atoms with Gasteiger partial charge in [0.2, 0.25) is 0 Å². The molecule has 0 heterocycles. The molecule has 146 valence electrons. The largest absolute Gasteiger partial charge is 0.492 e. The molecule has 0 aromatic heterocycles. The summed E-state index contributed by atoms with van der Waals surface area (Å²) in [7, 11) is 4.07. The van der Waals surface area contributed by atoms with E-state index in [2.05, 4.69) is 33.4 Å². The highest BCUT2D eigenvalue weighted by molar-refractivity contribution is 14.0. The molecule has 0 spiro atoms. The summed E-state index contributed by atoms with van der Waals surface area (Å²) in [5, 5.41) is 3.20. The third-order valence-corrected chi connectivity index (χ3v) is 4.56. The van der Waals surface area contributed by atoms with Crippen molar-refractivity contribution in [2.45, 2.75) is 25.8 Å². The molecule has 0 bridgehead atoms. The molecule has 0 fully saturated rings. The molecule has 3 N–H and O–H groups in total. The molecule has 27 heavy (non-hydrogen) atoms. The maximum absolute atomic E-state index is 6.08. The predicted octanol–water partition coefficient (Wildman–Crippen LogP) is 3.66. The van der Waals surface area contributed by atoms with E-state index < -0.39 is 0 Å². The molecule has 0 aliphatic heterocycles. The van der Waals surface area contributed by atoms with Crippen molar-refractivity contribution in [1.29, 1.82) is 0 Å². The van der Waals surface area contributed by atoms with Gasteiger partial charge in [0.1, 0.15) is 12.4 Å². The van der Waals surface area contributed by atoms with Crippen LogP contribution in [0.25, 0.3) is 0 Å². The minimum absolute atomic E-state index is 0. The number of hydrogen-bond donors (Lipinski definition) is 2. The van der Waals surface area contributed by atoms with Crippen molar-refractivity contribution in [3.8, 4) is 5.75 Å². The number of guanidine groups is 1. The molecule has 0 saturated heterocycles. The Kier molecular flexibility index (Phi) is 8.37. The van der Waals surface area contributed by atoms with Gasteiger partial charge in [0.05, 0.1) is 6.54 Å². The Morgan fingerprint density at radius 1 is 1.15 bits per heavy atom. The first-order valence-electron chi connectivity index (χ1n) is 9.16. The van der Waals surface area contributed by atoms with E-state index in [-0.39, 0.29) is 24.0 Å². The van der Waals surface area contributed by atoms with Gasteiger partial charge < -0.3 is 20.7 Å². The number of rotatable bonds is 7. The van der Waals surface area contributed by atoms with Gasteiger partial charge in [0, 0.05) is 17.8 Å². The number of nitrogens with zero attached hydrogens (tertiary/aromatic N) is 2. The van der Waals surface area contributed by atoms with E-state index in [0.29, 0.717) is 19.1 Å². The molecule has 2 aromatic carbocycles. The van der Waals surface area contributed by atoms with Crippen molar-refractivity contribution >= 4 is 35.6 Å². The van der Waals surface area contributed by atoms with Crippen molar-refractivity contribution in [1.82, 2.24) is 4.90 Å². The van der Waals surface area contributed by atoms with Gasteiger partial charge in [0.15, 0.2) is 5.96 Å². The molecule has 1 aliphatic carbocycles. The van der Waals surface area contributed by atoms with Gasteiger partial charge in [0.25, 0.3) is 0 Å². The zero-order chi connectivity index (χ0) is 18.4. The topological polar surface area (TPSA) is 62.9 Å². The molecule has 0 unspecified atom stereocenters. The molecule has 0 saturated carbocycles. The number of para-hydroxylation sites is 1. The average molecular weight is 480 g/mol. The lowest BCUT2D eigenvalue weighted by Gasteiger charge is -2.13. The summed E-state index contributed by atoms with van der Waals surface area (Å²) >= 11 is 0. The molecule has 2 aromatic rings. The van der Waals surface area contributed by atoms with Crippen molar-refractivity contribution in [3.63, 3.8) is 0 Å². The fourth-order valence-electron chi connectivity index (χ4n) is 3.12. The third-order valence-electron chi connectivity index (χ3n) is 4.56. The molecule has 0 radical (unpaired) electrons. The number of ether oxygens (including phenoxy) is 1. The van der Waals surface area contributed by atoms with E-state index in [0.717, 1.165) is 30.0 Å². The Bertz CT molecular complexity index is 777. The van der Waals surface area contributed by atoms with E-state index >= 15 is 0 Å². The Morgan fingerprint density at radius 3 is 2.74 bits per heavy atom. The molecule has 0 atom stereocenters. The Hall–Kier alpha value is -1.80. The van der Waals surface area contributed by atoms with E-state index in [1.54, 1.807) is 0 Å². The first-order valence-corrected chi connectivity index (χ1v) is 9.16. The van der Waals surface area contributed by atoms with Crippen LogP contribution in [0.15, 0.2) is 47.5 Å². The van der Waals surface area contributed by atoms with Gasteiger partial charge in [-0.05, 0) is 62.7 Å². The second kappa shape index (κ2) is 10.5. The molecule has 6 heteroatoms. The fourth-order valence-corrected chi connectivity index (χ4v) is 3.12. The van der Waals surface area contributed by atoms with Crippen LogP contribution in [0.4, 0.5) is 5.69 Å². The molecular weight excluding hydrogens is 451 g/mol. The fraction of sp³-hybridized carbons (Fsp3) is 0.381. The average Bonchev–Trinajstić information content (AvgIpc) is 3.08. The lowest BCUT2D eigenvalue weighted by Crippen LogP contribution is -2.22. The van der Waals surface area contributed by atoms with E-state index in [4.69, 9.17) is 10.5 Å². The number of halogens is 1. The molecule has 5 nitrogen and oxygen atoms in total. The number of benzene rings is 2. The van der Waals surface area contributed by atoms with Gasteiger partial charge in [-0.3, -0.25) is 0 Å². The summed E-state index contributed by atoms with van der Waals surface area (Å²) in [4.78, 5) is 6.58. The number of hydrogen-bond acceptors (Lipinski definition) is 3. The summed E-state index contributed by atoms with van der Waals surface area (Å²) < 4.78 is 5.88. The Labute approximate surface area is 179 Å². The van der Waals surface area contributed by atoms with Crippen LogP contribution < -0.4 is 15.8 Å². The van der Waals surface area contributed by atoms with E-state index in [1.807, 2.05) is 38.4 Å². The summed E-state index contributed by atoms with van der Waals surface area (Å²) in [6.07, 6.45) is 3.58. The molecule has 0 amide bonds. The number of likely N-dealkylation sites (N-methyl/N-ethyl adjacent to an activating group) is 1. The van der Waals surface area contributed by atoms with Gasteiger partial charge in [-0.2, -0.15) is 0 Å². The second-order valence-electron chi connectivity index (χ2n) is 6.92. The van der Waals surface area contributed by atoms with Crippen LogP contribution in [-0.4, -0.2) is 38.1 Å². The van der Waals surface area contributed by atoms with Crippen LogP contribution in [-0.2, 0) is 19.4 Å². The highest BCUT2D eigenvalue weighted by atomic mass is 127. The van der Waals surface area contributed by atoms with Gasteiger partial charge >= 0.3 is 0 Å². The van der Waals surface area contributed by atoms with Crippen molar-refractivity contribution < 1.29 is 4.74 Å². The van der Waals surface area contributed by atoms with E-state index in [1.165, 1.54) is 24.0 Å². The van der Waals surface area contributed by atoms with Crippen LogP contribution >= 0.6 is 24.0 Å². The Balaban J connectivity index is 0.00000261. The monoisotopic (exact) mass is 480 g/mol. The van der Waals surface area contributed by atoms with Gasteiger partial charge in [-0.1, -0.05) is 24.3 Å². The second-order valence-corrected chi connectivity index (χ2v) is 6.92. The molecule has 1 aliphatic rings. The smallest absolute Gasteiger partial charge is 0.193 e. The maximum Gasteiger partial charge on any atom is 0.193 e. The zero-order valence-corrected chi connectivity index (χ0v) is 18.4. The van der Waals surface area contributed by atoms with Gasteiger partial charge in [-0.25, -0.2) is 4.99 Å². The Morgan fingerprint density at radius 2 is 1.93 bits per heavy atom. The summed E-state index contributed by atoms with van der Waals surface area (Å²) in [6.45, 7) is 2.01. The quantitative estimate of drug-likeness (QED) is 0.361. The minimum Gasteiger partial charge on any atom is -0.492 e. The zero-order valence-electron chi connectivity index (χ0n) is 16.1. The summed E-state index contributed by atoms with van der Waals surface area (Å²) in [5.41, 5.74) is 11.0. The molecule has 3 rings (SSSR count). The lowest BCUT2D eigenvalue weighted by molar-refractivity contribution is 0.259. The van der Waals surface area contributed by atoms with Crippen LogP contribution in [0.1, 0.15) is 23.1 Å². The first kappa shape index (κ1) is 21.5. The number of fused-ring (bicyclic) bond motifs is 1. The standard InChI is InChI=1S/C21H28N4O.HI/c1-25(2)12-13-26-20-9-4-3-6-18(20)15-23-21(22)24-19-11-10-16-7-5-8-17(16)14-19;/h3-4,6,9-11,14H,5,7-8,12-13,15H2,1-2H3,(H3,22,23,24);1H. The first-order chi connectivity index (χ1) is 12.6. The summed E-state index contributed by atoms with van der Waals surface area (Å²) in [5.74, 6) is 1.29. The number of nitrogens with two attached hydrogens (primary N) is 1. The SMILES string of the molecule is CN(C)CCOc1ccccc1CN=C(N)Nc1ccc2c(c1)CCC2.I. The third kappa shape index (κ3) is 6.39. The maximum atomic E-state index is 6.08. The number of anilines is 1. The highest BCUT2D eigenvalue weighted by Crippen LogP contribution is 2.25. The predicted molar refractivity (Wildman–Crippen MR) is 123 cm³/mol. The van der Waals surface area contributed by atoms with E-state index in [9.17, 15) is 0 Å². The van der Waals surface area contributed by atoms with Crippen LogP contribution in [0.5, 0.6) is 5.75 Å². The van der Waals surface area contributed by atoms with Gasteiger partial charge in [-0.15, -0.1) is 24.0 Å². The van der Waals surface area contributed by atoms with Crippen LogP contribution in [0.2, 0.25) is 0 Å². The van der Waals surface area contributed by atoms with Crippen molar-refractivity contribution in [2.24, 2.45) is 10.7 Å². The number of aryl methyl sites for hydroxylation is 2. The summed E-state index contributed by atoms with van der Waals surface area (Å²) in [6, 6.07) is 14.4. The van der Waals surface area contributed by atoms with Crippen molar-refractivity contribution in [3.05, 3.63) is 59.2 Å². The molecular formula is C21H29IN4O. The normalized spacial score (nSPS) is 13.2. The highest BCUT2D eigenvalue weighted by Gasteiger charge is 2.11. The van der Waals surface area contributed by atoms with Crippen LogP contribution in [0, 0.1) is 0 Å². The van der Waals surface area contributed by atoms with Crippen molar-refractivity contribution in [2.75, 3.05) is 32.6 Å². The lowest BCUT2D eigenvalue weighted by atomic mass is 10.1. The minimum atomic E-state index is 0. The number of nitrogens with one attached hydrogen (secondary N) is 1.